The zero-order valence-corrected chi connectivity index (χ0v) is 14.7. The molecule has 0 aliphatic rings. The molecule has 0 aliphatic heterocycles. The second-order valence-corrected chi connectivity index (χ2v) is 6.77. The Kier molecular flexibility index (Phi) is 9.07. The average molecular weight is 422 g/mol. The Hall–Kier alpha value is -0.850. The van der Waals surface area contributed by atoms with Gasteiger partial charge in [0.25, 0.3) is 0 Å². The van der Waals surface area contributed by atoms with Crippen LogP contribution in [-0.2, 0) is 4.79 Å². The van der Waals surface area contributed by atoms with E-state index in [-0.39, 0.29) is 6.54 Å². The van der Waals surface area contributed by atoms with Crippen molar-refractivity contribution in [2.45, 2.75) is 36.8 Å². The predicted molar refractivity (Wildman–Crippen MR) is 79.0 cm³/mol. The molecular formula is C13H19F9N2OS. The molecule has 0 aromatic carbocycles. The first-order valence-corrected chi connectivity index (χ1v) is 8.41. The molecule has 13 heteroatoms. The van der Waals surface area contributed by atoms with E-state index in [1.54, 1.807) is 14.1 Å². The van der Waals surface area contributed by atoms with Crippen LogP contribution in [-0.4, -0.2) is 73.4 Å². The normalized spacial score (nSPS) is 14.0. The van der Waals surface area contributed by atoms with Crippen molar-refractivity contribution in [3.05, 3.63) is 0 Å². The molecule has 0 spiro atoms. The Morgan fingerprint density at radius 3 is 1.96 bits per heavy atom. The van der Waals surface area contributed by atoms with Gasteiger partial charge in [-0.2, -0.15) is 51.3 Å². The zero-order valence-electron chi connectivity index (χ0n) is 13.9. The van der Waals surface area contributed by atoms with E-state index in [9.17, 15) is 44.3 Å². The van der Waals surface area contributed by atoms with Crippen LogP contribution in [0.4, 0.5) is 39.5 Å². The van der Waals surface area contributed by atoms with Crippen molar-refractivity contribution < 1.29 is 44.3 Å². The summed E-state index contributed by atoms with van der Waals surface area (Å²) in [6.45, 7) is 0.950. The number of carbonyl (C=O) groups is 1. The lowest BCUT2D eigenvalue weighted by Crippen LogP contribution is -2.60. The van der Waals surface area contributed by atoms with Gasteiger partial charge in [0, 0.05) is 13.0 Å². The van der Waals surface area contributed by atoms with Gasteiger partial charge in [-0.15, -0.1) is 0 Å². The number of hydrogen-bond donors (Lipinski definition) is 1. The number of nitrogens with one attached hydrogen (secondary N) is 1. The number of thioether (sulfide) groups is 1. The van der Waals surface area contributed by atoms with Gasteiger partial charge < -0.3 is 10.2 Å². The highest BCUT2D eigenvalue weighted by atomic mass is 32.2. The van der Waals surface area contributed by atoms with Gasteiger partial charge in [-0.05, 0) is 32.8 Å². The molecule has 0 bridgehead atoms. The Morgan fingerprint density at radius 1 is 0.962 bits per heavy atom. The molecule has 26 heavy (non-hydrogen) atoms. The number of nitrogens with zero attached hydrogens (tertiary/aromatic N) is 1. The van der Waals surface area contributed by atoms with Gasteiger partial charge in [0.05, 0.1) is 5.75 Å². The molecule has 3 nitrogen and oxygen atoms in total. The highest BCUT2D eigenvalue weighted by Crippen LogP contribution is 2.54. The molecule has 0 fully saturated rings. The van der Waals surface area contributed by atoms with E-state index >= 15 is 0 Å². The molecule has 0 radical (unpaired) electrons. The first-order valence-electron chi connectivity index (χ1n) is 7.25. The maximum Gasteiger partial charge on any atom is 0.460 e. The molecule has 0 atom stereocenters. The second-order valence-electron chi connectivity index (χ2n) is 5.66. The van der Waals surface area contributed by atoms with Crippen LogP contribution >= 0.6 is 11.8 Å². The van der Waals surface area contributed by atoms with Crippen molar-refractivity contribution in [1.82, 2.24) is 10.2 Å². The topological polar surface area (TPSA) is 32.3 Å². The lowest BCUT2D eigenvalue weighted by Gasteiger charge is -2.33. The van der Waals surface area contributed by atoms with E-state index in [0.717, 1.165) is 0 Å². The Balaban J connectivity index is 4.42. The molecule has 0 aromatic heterocycles. The quantitative estimate of drug-likeness (QED) is 0.408. The molecule has 1 N–H and O–H groups in total. The van der Waals surface area contributed by atoms with E-state index in [2.05, 4.69) is 5.32 Å². The van der Waals surface area contributed by atoms with E-state index < -0.39 is 47.8 Å². The monoisotopic (exact) mass is 422 g/mol. The van der Waals surface area contributed by atoms with Gasteiger partial charge in [0.1, 0.15) is 0 Å². The summed E-state index contributed by atoms with van der Waals surface area (Å²) in [6, 6.07) is 0. The van der Waals surface area contributed by atoms with E-state index in [4.69, 9.17) is 0 Å². The summed E-state index contributed by atoms with van der Waals surface area (Å²) in [5, 5.41) is 2.42. The third kappa shape index (κ3) is 6.71. The van der Waals surface area contributed by atoms with Crippen molar-refractivity contribution in [3.63, 3.8) is 0 Å². The third-order valence-electron chi connectivity index (χ3n) is 3.11. The minimum atomic E-state index is -6.88. The summed E-state index contributed by atoms with van der Waals surface area (Å²) < 4.78 is 114. The van der Waals surface area contributed by atoms with Crippen LogP contribution in [0, 0.1) is 0 Å². The smallest absolute Gasteiger partial charge is 0.355 e. The Labute approximate surface area is 148 Å². The van der Waals surface area contributed by atoms with Crippen molar-refractivity contribution in [2.75, 3.05) is 38.7 Å². The fourth-order valence-electron chi connectivity index (χ4n) is 1.60. The average Bonchev–Trinajstić information content (AvgIpc) is 2.46. The first-order chi connectivity index (χ1) is 11.6. The van der Waals surface area contributed by atoms with Gasteiger partial charge in [0.15, 0.2) is 0 Å². The van der Waals surface area contributed by atoms with Crippen molar-refractivity contribution in [1.29, 1.82) is 0 Å². The standard InChI is InChI=1S/C13H19F9N2OS/c1-24(2)6-3-5-23-9(25)8-26-7-4-10(14,15)11(16,17)12(18,19)13(20,21)22/h3-8H2,1-2H3,(H,23,25). The summed E-state index contributed by atoms with van der Waals surface area (Å²) >= 11 is 0.425. The lowest BCUT2D eigenvalue weighted by atomic mass is 10.0. The van der Waals surface area contributed by atoms with Crippen LogP contribution in [0.2, 0.25) is 0 Å². The zero-order chi connectivity index (χ0) is 20.8. The van der Waals surface area contributed by atoms with Crippen LogP contribution in [0.15, 0.2) is 0 Å². The van der Waals surface area contributed by atoms with Crippen LogP contribution in [0.3, 0.4) is 0 Å². The molecule has 0 saturated heterocycles. The Bertz CT molecular complexity index is 455. The van der Waals surface area contributed by atoms with Gasteiger partial charge >= 0.3 is 23.9 Å². The third-order valence-corrected chi connectivity index (χ3v) is 4.07. The van der Waals surface area contributed by atoms with E-state index in [1.165, 1.54) is 0 Å². The highest BCUT2D eigenvalue weighted by Gasteiger charge is 2.81. The van der Waals surface area contributed by atoms with Gasteiger partial charge in [-0.25, -0.2) is 0 Å². The molecule has 0 aliphatic carbocycles. The van der Waals surface area contributed by atoms with Crippen LogP contribution in [0.5, 0.6) is 0 Å². The Morgan fingerprint density at radius 2 is 1.50 bits per heavy atom. The lowest BCUT2D eigenvalue weighted by molar-refractivity contribution is -0.396. The number of amides is 1. The number of alkyl halides is 9. The van der Waals surface area contributed by atoms with E-state index in [1.807, 2.05) is 4.90 Å². The summed E-state index contributed by atoms with van der Waals surface area (Å²) in [5.41, 5.74) is 0. The highest BCUT2D eigenvalue weighted by molar-refractivity contribution is 7.99. The summed E-state index contributed by atoms with van der Waals surface area (Å²) in [4.78, 5) is 13.2. The summed E-state index contributed by atoms with van der Waals surface area (Å²) in [7, 11) is 3.60. The molecule has 0 heterocycles. The fourth-order valence-corrected chi connectivity index (χ4v) is 2.44. The minimum Gasteiger partial charge on any atom is -0.355 e. The van der Waals surface area contributed by atoms with Crippen LogP contribution in [0.1, 0.15) is 12.8 Å². The number of rotatable bonds is 11. The van der Waals surface area contributed by atoms with Gasteiger partial charge in [0.2, 0.25) is 5.91 Å². The van der Waals surface area contributed by atoms with Gasteiger partial charge in [-0.3, -0.25) is 4.79 Å². The van der Waals surface area contributed by atoms with Crippen LogP contribution < -0.4 is 5.32 Å². The predicted octanol–water partition coefficient (Wildman–Crippen LogP) is 3.65. The number of hydrogen-bond acceptors (Lipinski definition) is 3. The summed E-state index contributed by atoms with van der Waals surface area (Å²) in [6.07, 6.45) is -8.16. The summed E-state index contributed by atoms with van der Waals surface area (Å²) in [5.74, 6) is -21.0. The number of carbonyl (C=O) groups excluding carboxylic acids is 1. The molecule has 156 valence electrons. The van der Waals surface area contributed by atoms with E-state index in [0.29, 0.717) is 24.7 Å². The number of halogens is 9. The first kappa shape index (κ1) is 25.1. The molecule has 0 aromatic rings. The molecule has 1 amide bonds. The maximum absolute atomic E-state index is 13.2. The fraction of sp³-hybridized carbons (Fsp3) is 0.923. The van der Waals surface area contributed by atoms with Gasteiger partial charge in [-0.1, -0.05) is 0 Å². The van der Waals surface area contributed by atoms with Crippen LogP contribution in [0.25, 0.3) is 0 Å². The van der Waals surface area contributed by atoms with Crippen molar-refractivity contribution >= 4 is 17.7 Å². The maximum atomic E-state index is 13.2. The second kappa shape index (κ2) is 9.38. The molecule has 0 unspecified atom stereocenters. The SMILES string of the molecule is CN(C)CCCNC(=O)CSCCC(F)(F)C(F)(F)C(F)(F)C(F)(F)F. The molecule has 0 saturated carbocycles. The largest absolute Gasteiger partial charge is 0.460 e. The molecule has 0 rings (SSSR count). The molecular weight excluding hydrogens is 403 g/mol. The minimum absolute atomic E-state index is 0.281. The van der Waals surface area contributed by atoms with Crippen molar-refractivity contribution in [2.24, 2.45) is 0 Å². The van der Waals surface area contributed by atoms with Crippen molar-refractivity contribution in [3.8, 4) is 0 Å².